The minimum absolute atomic E-state index is 0.0350. The van der Waals surface area contributed by atoms with E-state index in [1.165, 1.54) is 0 Å². The highest BCUT2D eigenvalue weighted by molar-refractivity contribution is 5.39. The van der Waals surface area contributed by atoms with Gasteiger partial charge in [0.25, 0.3) is 0 Å². The minimum atomic E-state index is -4.13. The molecule has 1 aromatic rings. The normalized spacial score (nSPS) is 10.7. The number of rotatable bonds is 4. The Morgan fingerprint density at radius 3 is 2.72 bits per heavy atom. The van der Waals surface area contributed by atoms with Gasteiger partial charge in [-0.2, -0.15) is 13.2 Å². The lowest BCUT2D eigenvalue weighted by Gasteiger charge is -2.08. The molecular formula is C13H14F3NO. The van der Waals surface area contributed by atoms with Crippen LogP contribution in [-0.4, -0.2) is 19.3 Å². The highest BCUT2D eigenvalue weighted by Crippen LogP contribution is 2.21. The molecule has 5 heteroatoms. The molecule has 98 valence electrons. The zero-order valence-electron chi connectivity index (χ0n) is 9.76. The van der Waals surface area contributed by atoms with Gasteiger partial charge in [-0.05, 0) is 24.6 Å². The second kappa shape index (κ2) is 6.92. The first-order valence-electron chi connectivity index (χ1n) is 5.50. The Morgan fingerprint density at radius 2 is 2.06 bits per heavy atom. The maximum absolute atomic E-state index is 11.9. The van der Waals surface area contributed by atoms with Crippen LogP contribution in [0.4, 0.5) is 13.2 Å². The van der Waals surface area contributed by atoms with Crippen LogP contribution >= 0.6 is 0 Å². The molecule has 2 nitrogen and oxygen atoms in total. The van der Waals surface area contributed by atoms with Crippen molar-refractivity contribution in [1.82, 2.24) is 0 Å². The molecule has 0 bridgehead atoms. The number of nitrogens with two attached hydrogens (primary N) is 1. The number of hydrogen-bond donors (Lipinski definition) is 1. The van der Waals surface area contributed by atoms with Crippen LogP contribution in [0.25, 0.3) is 0 Å². The first kappa shape index (κ1) is 14.4. The van der Waals surface area contributed by atoms with Gasteiger partial charge in [0.1, 0.15) is 5.75 Å². The van der Waals surface area contributed by atoms with Crippen LogP contribution < -0.4 is 10.5 Å². The van der Waals surface area contributed by atoms with Crippen molar-refractivity contribution >= 4 is 0 Å². The van der Waals surface area contributed by atoms with Gasteiger partial charge in [0.05, 0.1) is 13.2 Å². The van der Waals surface area contributed by atoms with Crippen molar-refractivity contribution in [2.24, 2.45) is 5.73 Å². The molecule has 0 amide bonds. The first-order chi connectivity index (χ1) is 8.51. The third-order valence-corrected chi connectivity index (χ3v) is 2.04. The largest absolute Gasteiger partial charge is 0.494 e. The van der Waals surface area contributed by atoms with Crippen LogP contribution in [0.1, 0.15) is 18.4 Å². The van der Waals surface area contributed by atoms with E-state index in [2.05, 4.69) is 11.8 Å². The lowest BCUT2D eigenvalue weighted by molar-refractivity contribution is -0.136. The molecule has 0 aliphatic rings. The lowest BCUT2D eigenvalue weighted by atomic mass is 10.2. The van der Waals surface area contributed by atoms with E-state index in [0.717, 1.165) is 5.56 Å². The van der Waals surface area contributed by atoms with Gasteiger partial charge in [-0.1, -0.05) is 17.9 Å². The van der Waals surface area contributed by atoms with Crippen molar-refractivity contribution in [1.29, 1.82) is 0 Å². The number of hydrogen-bond acceptors (Lipinski definition) is 2. The van der Waals surface area contributed by atoms with Crippen LogP contribution in [0.3, 0.4) is 0 Å². The van der Waals surface area contributed by atoms with E-state index >= 15 is 0 Å². The Hall–Kier alpha value is -1.67. The van der Waals surface area contributed by atoms with Crippen molar-refractivity contribution < 1.29 is 17.9 Å². The molecule has 0 heterocycles. The molecule has 18 heavy (non-hydrogen) atoms. The summed E-state index contributed by atoms with van der Waals surface area (Å²) in [6.07, 6.45) is -5.01. The van der Waals surface area contributed by atoms with Crippen molar-refractivity contribution in [3.05, 3.63) is 29.8 Å². The summed E-state index contributed by atoms with van der Waals surface area (Å²) in [5.74, 6) is 6.03. The average Bonchev–Trinajstić information content (AvgIpc) is 2.31. The predicted molar refractivity (Wildman–Crippen MR) is 63.2 cm³/mol. The molecule has 0 spiro atoms. The van der Waals surface area contributed by atoms with Crippen molar-refractivity contribution in [3.63, 3.8) is 0 Å². The van der Waals surface area contributed by atoms with Gasteiger partial charge in [-0.15, -0.1) is 0 Å². The third-order valence-electron chi connectivity index (χ3n) is 2.04. The van der Waals surface area contributed by atoms with E-state index in [9.17, 15) is 13.2 Å². The van der Waals surface area contributed by atoms with Crippen molar-refractivity contribution in [2.45, 2.75) is 19.0 Å². The van der Waals surface area contributed by atoms with Gasteiger partial charge in [-0.3, -0.25) is 0 Å². The van der Waals surface area contributed by atoms with Gasteiger partial charge < -0.3 is 10.5 Å². The molecule has 0 radical (unpaired) electrons. The molecular weight excluding hydrogens is 243 g/mol. The van der Waals surface area contributed by atoms with Crippen LogP contribution in [0.15, 0.2) is 24.3 Å². The molecule has 1 aromatic carbocycles. The standard InChI is InChI=1S/C13H14F3NO/c14-13(15,16)7-3-9-18-12-6-1-4-11(10-12)5-2-8-17/h1,4,6,10H,3,7-9,17H2. The molecule has 0 aromatic heterocycles. The lowest BCUT2D eigenvalue weighted by Crippen LogP contribution is -2.09. The fourth-order valence-corrected chi connectivity index (χ4v) is 1.28. The molecule has 2 N–H and O–H groups in total. The molecule has 0 aliphatic heterocycles. The summed E-state index contributed by atoms with van der Waals surface area (Å²) in [5, 5.41) is 0. The van der Waals surface area contributed by atoms with Gasteiger partial charge in [0.2, 0.25) is 0 Å². The fourth-order valence-electron chi connectivity index (χ4n) is 1.28. The summed E-state index contributed by atoms with van der Waals surface area (Å²) in [7, 11) is 0. The summed E-state index contributed by atoms with van der Waals surface area (Å²) in [6.45, 7) is 0.296. The van der Waals surface area contributed by atoms with Crippen LogP contribution in [0, 0.1) is 11.8 Å². The van der Waals surface area contributed by atoms with E-state index in [1.807, 2.05) is 0 Å². The Morgan fingerprint density at radius 1 is 1.28 bits per heavy atom. The van der Waals surface area contributed by atoms with E-state index in [0.29, 0.717) is 5.75 Å². The van der Waals surface area contributed by atoms with E-state index in [-0.39, 0.29) is 19.6 Å². The summed E-state index contributed by atoms with van der Waals surface area (Å²) in [6, 6.07) is 6.88. The zero-order valence-corrected chi connectivity index (χ0v) is 9.76. The topological polar surface area (TPSA) is 35.2 Å². The summed E-state index contributed by atoms with van der Waals surface area (Å²) < 4.78 is 40.9. The van der Waals surface area contributed by atoms with Crippen molar-refractivity contribution in [2.75, 3.05) is 13.2 Å². The number of alkyl halides is 3. The van der Waals surface area contributed by atoms with E-state index in [1.54, 1.807) is 24.3 Å². The second-order valence-electron chi connectivity index (χ2n) is 3.60. The number of benzene rings is 1. The quantitative estimate of drug-likeness (QED) is 0.665. The average molecular weight is 257 g/mol. The van der Waals surface area contributed by atoms with Gasteiger partial charge in [0.15, 0.2) is 0 Å². The Bertz CT molecular complexity index is 432. The van der Waals surface area contributed by atoms with E-state index < -0.39 is 12.6 Å². The second-order valence-corrected chi connectivity index (χ2v) is 3.60. The Labute approximate surface area is 104 Å². The number of ether oxygens (including phenoxy) is 1. The molecule has 0 saturated carbocycles. The van der Waals surface area contributed by atoms with E-state index in [4.69, 9.17) is 10.5 Å². The third kappa shape index (κ3) is 6.16. The highest BCUT2D eigenvalue weighted by atomic mass is 19.4. The van der Waals surface area contributed by atoms with Crippen LogP contribution in [0.2, 0.25) is 0 Å². The summed E-state index contributed by atoms with van der Waals surface area (Å²) >= 11 is 0. The molecule has 0 fully saturated rings. The number of halogens is 3. The molecule has 0 atom stereocenters. The molecule has 0 aliphatic carbocycles. The maximum atomic E-state index is 11.9. The first-order valence-corrected chi connectivity index (χ1v) is 5.50. The molecule has 0 saturated heterocycles. The highest BCUT2D eigenvalue weighted by Gasteiger charge is 2.26. The smallest absolute Gasteiger partial charge is 0.389 e. The van der Waals surface area contributed by atoms with Crippen LogP contribution in [0.5, 0.6) is 5.75 Å². The molecule has 1 rings (SSSR count). The summed E-state index contributed by atoms with van der Waals surface area (Å²) in [5.41, 5.74) is 5.97. The molecule has 0 unspecified atom stereocenters. The summed E-state index contributed by atoms with van der Waals surface area (Å²) in [4.78, 5) is 0. The van der Waals surface area contributed by atoms with Crippen LogP contribution in [-0.2, 0) is 0 Å². The van der Waals surface area contributed by atoms with Crippen molar-refractivity contribution in [3.8, 4) is 17.6 Å². The fraction of sp³-hybridized carbons (Fsp3) is 0.385. The zero-order chi connectivity index (χ0) is 13.4. The monoisotopic (exact) mass is 257 g/mol. The van der Waals surface area contributed by atoms with Gasteiger partial charge >= 0.3 is 6.18 Å². The maximum Gasteiger partial charge on any atom is 0.389 e. The minimum Gasteiger partial charge on any atom is -0.494 e. The van der Waals surface area contributed by atoms with Gasteiger partial charge in [-0.25, -0.2) is 0 Å². The van der Waals surface area contributed by atoms with Gasteiger partial charge in [0, 0.05) is 12.0 Å². The Balaban J connectivity index is 2.43. The Kier molecular flexibility index (Phi) is 5.53. The predicted octanol–water partition coefficient (Wildman–Crippen LogP) is 2.72. The SMILES string of the molecule is NCC#Cc1cccc(OCCCC(F)(F)F)c1.